The Hall–Kier alpha value is -1.53. The Morgan fingerprint density at radius 1 is 1.30 bits per heavy atom. The summed E-state index contributed by atoms with van der Waals surface area (Å²) in [5, 5.41) is 3.36. The molecule has 0 radical (unpaired) electrons. The second kappa shape index (κ2) is 5.85. The second-order valence-corrected chi connectivity index (χ2v) is 5.53. The summed E-state index contributed by atoms with van der Waals surface area (Å²) in [5.74, 6) is 0.367. The lowest BCUT2D eigenvalue weighted by atomic mass is 10.3. The fourth-order valence-electron chi connectivity index (χ4n) is 1.68. The molecule has 0 amide bonds. The van der Waals surface area contributed by atoms with Crippen molar-refractivity contribution in [2.45, 2.75) is 25.4 Å². The van der Waals surface area contributed by atoms with Gasteiger partial charge in [0.1, 0.15) is 11.6 Å². The van der Waals surface area contributed by atoms with E-state index >= 15 is 0 Å². The van der Waals surface area contributed by atoms with Gasteiger partial charge in [-0.15, -0.1) is 0 Å². The molecule has 0 saturated heterocycles. The molecule has 1 aromatic heterocycles. The average Bonchev–Trinajstić information content (AvgIpc) is 3.26. The Morgan fingerprint density at radius 2 is 2.15 bits per heavy atom. The summed E-state index contributed by atoms with van der Waals surface area (Å²) in [5.41, 5.74) is 0.867. The lowest BCUT2D eigenvalue weighted by molar-refractivity contribution is 0.453. The number of nitrogens with zero attached hydrogens (tertiary/aromatic N) is 2. The lowest BCUT2D eigenvalue weighted by Gasteiger charge is -2.06. The van der Waals surface area contributed by atoms with E-state index in [9.17, 15) is 4.39 Å². The molecule has 1 aromatic carbocycles. The number of benzene rings is 1. The minimum Gasteiger partial charge on any atom is -0.437 e. The summed E-state index contributed by atoms with van der Waals surface area (Å²) < 4.78 is 19.2. The van der Waals surface area contributed by atoms with Crippen LogP contribution in [0.25, 0.3) is 0 Å². The van der Waals surface area contributed by atoms with Crippen LogP contribution in [0.15, 0.2) is 35.1 Å². The first kappa shape index (κ1) is 13.5. The van der Waals surface area contributed by atoms with Crippen LogP contribution in [-0.4, -0.2) is 16.0 Å². The molecule has 1 heterocycles. The largest absolute Gasteiger partial charge is 0.437 e. The zero-order valence-corrected chi connectivity index (χ0v) is 12.2. The maximum Gasteiger partial charge on any atom is 0.237 e. The quantitative estimate of drug-likeness (QED) is 0.908. The fourth-order valence-corrected chi connectivity index (χ4v) is 1.93. The van der Waals surface area contributed by atoms with Gasteiger partial charge in [0.25, 0.3) is 0 Å². The van der Waals surface area contributed by atoms with Crippen LogP contribution in [0.3, 0.4) is 0 Å². The molecule has 6 heteroatoms. The number of ether oxygens (including phenoxy) is 1. The van der Waals surface area contributed by atoms with Gasteiger partial charge in [-0.2, -0.15) is 0 Å². The van der Waals surface area contributed by atoms with Crippen LogP contribution >= 0.6 is 15.9 Å². The van der Waals surface area contributed by atoms with Gasteiger partial charge in [0.05, 0.1) is 22.6 Å². The Labute approximate surface area is 124 Å². The van der Waals surface area contributed by atoms with Gasteiger partial charge in [0.2, 0.25) is 5.88 Å². The van der Waals surface area contributed by atoms with Gasteiger partial charge in [0.15, 0.2) is 0 Å². The van der Waals surface area contributed by atoms with Crippen LogP contribution in [0.2, 0.25) is 0 Å². The number of rotatable bonds is 5. The molecular weight excluding hydrogens is 325 g/mol. The van der Waals surface area contributed by atoms with E-state index in [2.05, 4.69) is 31.2 Å². The molecule has 0 atom stereocenters. The Bertz CT molecular complexity index is 602. The molecule has 3 rings (SSSR count). The normalized spacial score (nSPS) is 14.3. The number of hydrogen-bond donors (Lipinski definition) is 1. The van der Waals surface area contributed by atoms with Crippen molar-refractivity contribution < 1.29 is 9.13 Å². The second-order valence-electron chi connectivity index (χ2n) is 4.68. The summed E-state index contributed by atoms with van der Waals surface area (Å²) >= 11 is 3.09. The Kier molecular flexibility index (Phi) is 3.93. The summed E-state index contributed by atoms with van der Waals surface area (Å²) in [4.78, 5) is 8.43. The standard InChI is InChI=1S/C14H13BrFN3O/c15-12-4-3-11(5-13(12)16)20-14-8-18-10(7-19-14)6-17-9-1-2-9/h3-5,7-9,17H,1-2,6H2. The van der Waals surface area contributed by atoms with Crippen molar-refractivity contribution in [3.05, 3.63) is 46.6 Å². The maximum absolute atomic E-state index is 13.4. The number of nitrogens with one attached hydrogen (secondary N) is 1. The van der Waals surface area contributed by atoms with Crippen molar-refractivity contribution in [1.82, 2.24) is 15.3 Å². The SMILES string of the molecule is Fc1cc(Oc2cnc(CNC3CC3)cn2)ccc1Br. The summed E-state index contributed by atoms with van der Waals surface area (Å²) in [6.45, 7) is 0.713. The predicted molar refractivity (Wildman–Crippen MR) is 76.1 cm³/mol. The van der Waals surface area contributed by atoms with Gasteiger partial charge in [-0.25, -0.2) is 9.37 Å². The van der Waals surface area contributed by atoms with Gasteiger partial charge in [0, 0.05) is 18.7 Å². The van der Waals surface area contributed by atoms with E-state index in [4.69, 9.17) is 4.74 Å². The first-order valence-electron chi connectivity index (χ1n) is 6.38. The maximum atomic E-state index is 13.4. The van der Waals surface area contributed by atoms with E-state index < -0.39 is 0 Å². The third-order valence-electron chi connectivity index (χ3n) is 2.94. The Balaban J connectivity index is 1.62. The third kappa shape index (κ3) is 3.52. The topological polar surface area (TPSA) is 47.0 Å². The average molecular weight is 338 g/mol. The van der Waals surface area contributed by atoms with E-state index in [1.54, 1.807) is 24.5 Å². The molecular formula is C14H13BrFN3O. The van der Waals surface area contributed by atoms with Gasteiger partial charge >= 0.3 is 0 Å². The van der Waals surface area contributed by atoms with Gasteiger partial charge < -0.3 is 10.1 Å². The lowest BCUT2D eigenvalue weighted by Crippen LogP contribution is -2.16. The highest BCUT2D eigenvalue weighted by Crippen LogP contribution is 2.24. The Morgan fingerprint density at radius 3 is 2.80 bits per heavy atom. The highest BCUT2D eigenvalue weighted by Gasteiger charge is 2.20. The van der Waals surface area contributed by atoms with Crippen LogP contribution in [-0.2, 0) is 6.54 Å². The highest BCUT2D eigenvalue weighted by atomic mass is 79.9. The summed E-state index contributed by atoms with van der Waals surface area (Å²) in [6, 6.07) is 5.19. The van der Waals surface area contributed by atoms with E-state index in [0.717, 1.165) is 5.69 Å². The number of hydrogen-bond acceptors (Lipinski definition) is 4. The van der Waals surface area contributed by atoms with Crippen LogP contribution in [0.1, 0.15) is 18.5 Å². The van der Waals surface area contributed by atoms with Crippen LogP contribution in [0, 0.1) is 5.82 Å². The predicted octanol–water partition coefficient (Wildman–Crippen LogP) is 3.42. The van der Waals surface area contributed by atoms with E-state index in [1.807, 2.05) is 0 Å². The molecule has 0 bridgehead atoms. The highest BCUT2D eigenvalue weighted by molar-refractivity contribution is 9.10. The fraction of sp³-hybridized carbons (Fsp3) is 0.286. The van der Waals surface area contributed by atoms with Crippen molar-refractivity contribution in [1.29, 1.82) is 0 Å². The monoisotopic (exact) mass is 337 g/mol. The smallest absolute Gasteiger partial charge is 0.237 e. The van der Waals surface area contributed by atoms with Gasteiger partial charge in [-0.05, 0) is 40.9 Å². The first-order chi connectivity index (χ1) is 9.70. The van der Waals surface area contributed by atoms with Crippen LogP contribution < -0.4 is 10.1 Å². The van der Waals surface area contributed by atoms with Crippen molar-refractivity contribution >= 4 is 15.9 Å². The molecule has 0 spiro atoms. The van der Waals surface area contributed by atoms with E-state index in [-0.39, 0.29) is 5.82 Å². The minimum atomic E-state index is -0.374. The van der Waals surface area contributed by atoms with E-state index in [0.29, 0.717) is 28.7 Å². The third-order valence-corrected chi connectivity index (χ3v) is 3.59. The summed E-state index contributed by atoms with van der Waals surface area (Å²) in [7, 11) is 0. The first-order valence-corrected chi connectivity index (χ1v) is 7.17. The molecule has 0 aliphatic heterocycles. The minimum absolute atomic E-state index is 0.349. The molecule has 1 aliphatic rings. The van der Waals surface area contributed by atoms with Crippen LogP contribution in [0.5, 0.6) is 11.6 Å². The summed E-state index contributed by atoms with van der Waals surface area (Å²) in [6.07, 6.45) is 5.69. The van der Waals surface area contributed by atoms with E-state index in [1.165, 1.54) is 18.9 Å². The number of aromatic nitrogens is 2. The molecule has 1 saturated carbocycles. The zero-order chi connectivity index (χ0) is 13.9. The number of halogens is 2. The van der Waals surface area contributed by atoms with Gasteiger partial charge in [-0.3, -0.25) is 4.98 Å². The molecule has 1 aliphatic carbocycles. The molecule has 1 fully saturated rings. The zero-order valence-electron chi connectivity index (χ0n) is 10.6. The van der Waals surface area contributed by atoms with Gasteiger partial charge in [-0.1, -0.05) is 0 Å². The molecule has 20 heavy (non-hydrogen) atoms. The molecule has 4 nitrogen and oxygen atoms in total. The molecule has 1 N–H and O–H groups in total. The molecule has 2 aromatic rings. The van der Waals surface area contributed by atoms with Crippen molar-refractivity contribution in [2.75, 3.05) is 0 Å². The molecule has 0 unspecified atom stereocenters. The molecule has 104 valence electrons. The van der Waals surface area contributed by atoms with Crippen molar-refractivity contribution in [3.63, 3.8) is 0 Å². The van der Waals surface area contributed by atoms with Crippen LogP contribution in [0.4, 0.5) is 4.39 Å². The van der Waals surface area contributed by atoms with Crippen molar-refractivity contribution in [2.24, 2.45) is 0 Å². The van der Waals surface area contributed by atoms with Crippen molar-refractivity contribution in [3.8, 4) is 11.6 Å².